The van der Waals surface area contributed by atoms with Crippen LogP contribution in [0.1, 0.15) is 20.8 Å². The zero-order valence-corrected chi connectivity index (χ0v) is 13.3. The Bertz CT molecular complexity index is 804. The number of rotatable bonds is 4. The van der Waals surface area contributed by atoms with Crippen LogP contribution in [0, 0.1) is 18.3 Å². The summed E-state index contributed by atoms with van der Waals surface area (Å²) in [5, 5.41) is 12.1. The maximum absolute atomic E-state index is 12.3. The molecule has 0 radical (unpaired) electrons. The highest BCUT2D eigenvalue weighted by atomic mass is 32.1. The topological polar surface area (TPSA) is 92.1 Å². The van der Waals surface area contributed by atoms with Gasteiger partial charge >= 0.3 is 5.97 Å². The summed E-state index contributed by atoms with van der Waals surface area (Å²) in [6, 6.07) is 6.91. The number of carbonyl (C=O) groups is 2. The minimum absolute atomic E-state index is 0.0835. The van der Waals surface area contributed by atoms with Crippen molar-refractivity contribution in [2.24, 2.45) is 0 Å². The molecule has 0 aromatic carbocycles. The first-order chi connectivity index (χ1) is 11.0. The van der Waals surface area contributed by atoms with Crippen LogP contribution >= 0.6 is 11.3 Å². The van der Waals surface area contributed by atoms with Crippen molar-refractivity contribution in [1.29, 1.82) is 5.26 Å². The number of carbonyl (C=O) groups excluding carboxylic acids is 2. The Hall–Kier alpha value is -2.98. The average molecular weight is 327 g/mol. The van der Waals surface area contributed by atoms with Gasteiger partial charge in [-0.05, 0) is 30.7 Å². The number of methoxy groups -OCH3 is 1. The SMILES string of the molecule is COC(=O)c1cc(C)sc1NC(=O)C(C#N)=Cc1cccnc1. The van der Waals surface area contributed by atoms with Gasteiger partial charge in [-0.2, -0.15) is 5.26 Å². The van der Waals surface area contributed by atoms with Gasteiger partial charge in [0.05, 0.1) is 12.7 Å². The first-order valence-corrected chi connectivity index (χ1v) is 7.38. The number of nitriles is 1. The molecule has 0 saturated heterocycles. The molecule has 0 unspecified atom stereocenters. The van der Waals surface area contributed by atoms with E-state index in [1.165, 1.54) is 24.5 Å². The van der Waals surface area contributed by atoms with Crippen molar-refractivity contribution in [3.8, 4) is 6.07 Å². The van der Waals surface area contributed by atoms with E-state index in [1.807, 2.05) is 13.0 Å². The van der Waals surface area contributed by atoms with Gasteiger partial charge in [0.1, 0.15) is 16.6 Å². The van der Waals surface area contributed by atoms with Gasteiger partial charge < -0.3 is 10.1 Å². The van der Waals surface area contributed by atoms with E-state index in [9.17, 15) is 14.9 Å². The summed E-state index contributed by atoms with van der Waals surface area (Å²) in [4.78, 5) is 28.7. The summed E-state index contributed by atoms with van der Waals surface area (Å²) in [7, 11) is 1.27. The number of anilines is 1. The van der Waals surface area contributed by atoms with Gasteiger partial charge in [-0.25, -0.2) is 4.79 Å². The quantitative estimate of drug-likeness (QED) is 0.529. The van der Waals surface area contributed by atoms with Crippen LogP contribution in [-0.4, -0.2) is 24.0 Å². The minimum atomic E-state index is -0.594. The van der Waals surface area contributed by atoms with E-state index in [0.29, 0.717) is 10.6 Å². The maximum Gasteiger partial charge on any atom is 0.340 e. The van der Waals surface area contributed by atoms with Gasteiger partial charge in [0.25, 0.3) is 5.91 Å². The molecule has 0 atom stereocenters. The molecule has 7 heteroatoms. The molecule has 23 heavy (non-hydrogen) atoms. The molecule has 1 amide bonds. The molecule has 0 fully saturated rings. The lowest BCUT2D eigenvalue weighted by atomic mass is 10.1. The molecular weight excluding hydrogens is 314 g/mol. The largest absolute Gasteiger partial charge is 0.465 e. The van der Waals surface area contributed by atoms with Crippen molar-refractivity contribution in [2.45, 2.75) is 6.92 Å². The van der Waals surface area contributed by atoms with E-state index in [1.54, 1.807) is 30.6 Å². The fourth-order valence-electron chi connectivity index (χ4n) is 1.82. The summed E-state index contributed by atoms with van der Waals surface area (Å²) >= 11 is 1.24. The number of esters is 1. The predicted molar refractivity (Wildman–Crippen MR) is 86.9 cm³/mol. The van der Waals surface area contributed by atoms with Gasteiger partial charge in [0.2, 0.25) is 0 Å². The molecule has 6 nitrogen and oxygen atoms in total. The fraction of sp³-hybridized carbons (Fsp3) is 0.125. The summed E-state index contributed by atoms with van der Waals surface area (Å²) in [6.07, 6.45) is 4.57. The van der Waals surface area contributed by atoms with E-state index < -0.39 is 11.9 Å². The van der Waals surface area contributed by atoms with Crippen molar-refractivity contribution in [3.05, 3.63) is 52.2 Å². The lowest BCUT2D eigenvalue weighted by molar-refractivity contribution is -0.112. The Morgan fingerprint density at radius 2 is 2.26 bits per heavy atom. The molecule has 0 bridgehead atoms. The van der Waals surface area contributed by atoms with E-state index in [2.05, 4.69) is 15.0 Å². The molecule has 2 aromatic heterocycles. The molecule has 0 spiro atoms. The standard InChI is InChI=1S/C16H13N3O3S/c1-10-6-13(16(21)22-2)15(23-10)19-14(20)12(8-17)7-11-4-3-5-18-9-11/h3-7,9H,1-2H3,(H,19,20). The highest BCUT2D eigenvalue weighted by molar-refractivity contribution is 7.16. The third-order valence-corrected chi connectivity index (χ3v) is 3.81. The Morgan fingerprint density at radius 1 is 1.48 bits per heavy atom. The maximum atomic E-state index is 12.3. The number of pyridine rings is 1. The lowest BCUT2D eigenvalue weighted by Crippen LogP contribution is -2.15. The van der Waals surface area contributed by atoms with Gasteiger partial charge in [0, 0.05) is 17.3 Å². The van der Waals surface area contributed by atoms with Crippen LogP contribution in [0.4, 0.5) is 5.00 Å². The second-order valence-electron chi connectivity index (χ2n) is 4.50. The number of aryl methyl sites for hydroxylation is 1. The van der Waals surface area contributed by atoms with E-state index in [4.69, 9.17) is 0 Å². The molecule has 2 rings (SSSR count). The summed E-state index contributed by atoms with van der Waals surface area (Å²) < 4.78 is 4.68. The molecular formula is C16H13N3O3S. The Balaban J connectivity index is 2.26. The number of nitrogens with one attached hydrogen (secondary N) is 1. The van der Waals surface area contributed by atoms with Gasteiger partial charge in [0.15, 0.2) is 0 Å². The molecule has 2 aromatic rings. The average Bonchev–Trinajstić information content (AvgIpc) is 2.93. The first-order valence-electron chi connectivity index (χ1n) is 6.57. The number of hydrogen-bond acceptors (Lipinski definition) is 6. The molecule has 0 aliphatic rings. The summed E-state index contributed by atoms with van der Waals surface area (Å²) in [6.45, 7) is 1.81. The molecule has 2 heterocycles. The molecule has 116 valence electrons. The Morgan fingerprint density at radius 3 is 2.87 bits per heavy atom. The number of aromatic nitrogens is 1. The molecule has 0 aliphatic carbocycles. The van der Waals surface area contributed by atoms with Crippen molar-refractivity contribution >= 4 is 34.3 Å². The van der Waals surface area contributed by atoms with Crippen LogP contribution in [0.15, 0.2) is 36.2 Å². The van der Waals surface area contributed by atoms with Crippen LogP contribution in [0.2, 0.25) is 0 Å². The summed E-state index contributed by atoms with van der Waals surface area (Å²) in [5.41, 5.74) is 0.816. The third-order valence-electron chi connectivity index (χ3n) is 2.85. The van der Waals surface area contributed by atoms with Crippen LogP contribution in [0.5, 0.6) is 0 Å². The van der Waals surface area contributed by atoms with Crippen molar-refractivity contribution < 1.29 is 14.3 Å². The zero-order chi connectivity index (χ0) is 16.8. The van der Waals surface area contributed by atoms with E-state index in [-0.39, 0.29) is 11.1 Å². The lowest BCUT2D eigenvalue weighted by Gasteiger charge is -2.04. The van der Waals surface area contributed by atoms with Gasteiger partial charge in [-0.15, -0.1) is 11.3 Å². The number of hydrogen-bond donors (Lipinski definition) is 1. The first kappa shape index (κ1) is 16.4. The van der Waals surface area contributed by atoms with E-state index in [0.717, 1.165) is 4.88 Å². The summed E-state index contributed by atoms with van der Waals surface area (Å²) in [5.74, 6) is -1.14. The van der Waals surface area contributed by atoms with Crippen molar-refractivity contribution in [2.75, 3.05) is 12.4 Å². The second-order valence-corrected chi connectivity index (χ2v) is 5.76. The highest BCUT2D eigenvalue weighted by Gasteiger charge is 2.19. The third kappa shape index (κ3) is 4.02. The number of ether oxygens (including phenoxy) is 1. The molecule has 0 saturated carbocycles. The number of nitrogens with zero attached hydrogens (tertiary/aromatic N) is 2. The zero-order valence-electron chi connectivity index (χ0n) is 12.5. The van der Waals surface area contributed by atoms with Gasteiger partial charge in [-0.3, -0.25) is 9.78 Å². The second kappa shape index (κ2) is 7.33. The fourth-order valence-corrected chi connectivity index (χ4v) is 2.71. The Kier molecular flexibility index (Phi) is 5.23. The van der Waals surface area contributed by atoms with Crippen LogP contribution < -0.4 is 5.32 Å². The monoisotopic (exact) mass is 327 g/mol. The molecule has 0 aliphatic heterocycles. The number of amides is 1. The van der Waals surface area contributed by atoms with Crippen LogP contribution in [-0.2, 0) is 9.53 Å². The smallest absolute Gasteiger partial charge is 0.340 e. The normalized spacial score (nSPS) is 10.7. The van der Waals surface area contributed by atoms with Gasteiger partial charge in [-0.1, -0.05) is 6.07 Å². The van der Waals surface area contributed by atoms with E-state index >= 15 is 0 Å². The van der Waals surface area contributed by atoms with Crippen LogP contribution in [0.25, 0.3) is 6.08 Å². The van der Waals surface area contributed by atoms with Crippen molar-refractivity contribution in [3.63, 3.8) is 0 Å². The Labute approximate surface area is 137 Å². The number of thiophene rings is 1. The highest BCUT2D eigenvalue weighted by Crippen LogP contribution is 2.28. The van der Waals surface area contributed by atoms with Crippen LogP contribution in [0.3, 0.4) is 0 Å². The van der Waals surface area contributed by atoms with Crippen molar-refractivity contribution in [1.82, 2.24) is 4.98 Å². The molecule has 1 N–H and O–H groups in total. The predicted octanol–water partition coefficient (Wildman–Crippen LogP) is 2.78. The minimum Gasteiger partial charge on any atom is -0.465 e.